The summed E-state index contributed by atoms with van der Waals surface area (Å²) in [6.07, 6.45) is 2.60. The fourth-order valence-electron chi connectivity index (χ4n) is 2.95. The highest BCUT2D eigenvalue weighted by Crippen LogP contribution is 2.31. The van der Waals surface area contributed by atoms with Gasteiger partial charge in [0.25, 0.3) is 0 Å². The number of aliphatic hydroxyl groups is 1. The Morgan fingerprint density at radius 1 is 1.50 bits per heavy atom. The molecule has 136 valence electrons. The standard InChI is InChI=1S/C17H29N3O4/c1-11(2)14-19-13(24-20-14)10-17(22)8-6-7-12(9-17)18-15(21)23-16(3,4)5/h11-12,22H,6-10H2,1-5H3,(H,18,21)/t12-,17+/m0/s1. The summed E-state index contributed by atoms with van der Waals surface area (Å²) in [5.74, 6) is 1.28. The van der Waals surface area contributed by atoms with Gasteiger partial charge >= 0.3 is 6.09 Å². The van der Waals surface area contributed by atoms with Crippen molar-refractivity contribution in [2.75, 3.05) is 0 Å². The first-order chi connectivity index (χ1) is 11.1. The van der Waals surface area contributed by atoms with Crippen LogP contribution in [0.5, 0.6) is 0 Å². The second kappa shape index (κ2) is 7.09. The number of hydrogen-bond donors (Lipinski definition) is 2. The number of rotatable bonds is 4. The highest BCUT2D eigenvalue weighted by Gasteiger charge is 2.37. The van der Waals surface area contributed by atoms with Gasteiger partial charge in [0.05, 0.1) is 12.0 Å². The highest BCUT2D eigenvalue weighted by molar-refractivity contribution is 5.68. The van der Waals surface area contributed by atoms with Crippen molar-refractivity contribution in [1.82, 2.24) is 15.5 Å². The molecule has 1 heterocycles. The zero-order valence-electron chi connectivity index (χ0n) is 15.3. The Hall–Kier alpha value is -1.63. The van der Waals surface area contributed by atoms with Crippen LogP contribution in [-0.4, -0.2) is 38.6 Å². The number of alkyl carbamates (subject to hydrolysis) is 1. The van der Waals surface area contributed by atoms with Crippen LogP contribution in [-0.2, 0) is 11.2 Å². The minimum Gasteiger partial charge on any atom is -0.444 e. The molecule has 1 aromatic rings. The van der Waals surface area contributed by atoms with Gasteiger partial charge in [0.1, 0.15) is 5.60 Å². The molecular formula is C17H29N3O4. The number of hydrogen-bond acceptors (Lipinski definition) is 6. The van der Waals surface area contributed by atoms with E-state index in [1.54, 1.807) is 0 Å². The van der Waals surface area contributed by atoms with Gasteiger partial charge in [-0.3, -0.25) is 0 Å². The Balaban J connectivity index is 1.94. The molecule has 2 rings (SSSR count). The van der Waals surface area contributed by atoms with E-state index in [1.165, 1.54) is 0 Å². The summed E-state index contributed by atoms with van der Waals surface area (Å²) in [5.41, 5.74) is -1.48. The van der Waals surface area contributed by atoms with E-state index in [-0.39, 0.29) is 12.0 Å². The van der Waals surface area contributed by atoms with Gasteiger partial charge in [0.2, 0.25) is 5.89 Å². The number of carbonyl (C=O) groups excluding carboxylic acids is 1. The third kappa shape index (κ3) is 5.47. The van der Waals surface area contributed by atoms with E-state index in [2.05, 4.69) is 15.5 Å². The molecule has 24 heavy (non-hydrogen) atoms. The van der Waals surface area contributed by atoms with Crippen molar-refractivity contribution in [2.45, 2.75) is 89.9 Å². The first-order valence-corrected chi connectivity index (χ1v) is 8.61. The van der Waals surface area contributed by atoms with Gasteiger partial charge in [-0.15, -0.1) is 0 Å². The normalized spacial score (nSPS) is 24.9. The number of nitrogens with one attached hydrogen (secondary N) is 1. The zero-order valence-corrected chi connectivity index (χ0v) is 15.3. The Kier molecular flexibility index (Phi) is 5.52. The van der Waals surface area contributed by atoms with Crippen molar-refractivity contribution in [3.05, 3.63) is 11.7 Å². The van der Waals surface area contributed by atoms with Crippen molar-refractivity contribution < 1.29 is 19.2 Å². The van der Waals surface area contributed by atoms with Gasteiger partial charge < -0.3 is 19.7 Å². The van der Waals surface area contributed by atoms with E-state index in [0.717, 1.165) is 12.8 Å². The molecule has 7 nitrogen and oxygen atoms in total. The maximum absolute atomic E-state index is 11.9. The lowest BCUT2D eigenvalue weighted by Gasteiger charge is -2.36. The molecular weight excluding hydrogens is 310 g/mol. The summed E-state index contributed by atoms with van der Waals surface area (Å²) in [5, 5.41) is 17.7. The largest absolute Gasteiger partial charge is 0.444 e. The molecule has 2 atom stereocenters. The molecule has 0 spiro atoms. The second-order valence-electron chi connectivity index (χ2n) is 8.04. The molecule has 0 bridgehead atoms. The van der Waals surface area contributed by atoms with Gasteiger partial charge in [-0.05, 0) is 46.5 Å². The summed E-state index contributed by atoms with van der Waals surface area (Å²) >= 11 is 0. The molecule has 7 heteroatoms. The lowest BCUT2D eigenvalue weighted by Crippen LogP contribution is -2.48. The molecule has 1 saturated carbocycles. The van der Waals surface area contributed by atoms with Crippen LogP contribution in [0.2, 0.25) is 0 Å². The first-order valence-electron chi connectivity index (χ1n) is 8.61. The Morgan fingerprint density at radius 2 is 2.21 bits per heavy atom. The topological polar surface area (TPSA) is 97.5 Å². The van der Waals surface area contributed by atoms with E-state index in [9.17, 15) is 9.90 Å². The average molecular weight is 339 g/mol. The van der Waals surface area contributed by atoms with Crippen molar-refractivity contribution in [3.8, 4) is 0 Å². The number of carbonyl (C=O) groups is 1. The van der Waals surface area contributed by atoms with Crippen LogP contribution in [0.15, 0.2) is 4.52 Å². The summed E-state index contributed by atoms with van der Waals surface area (Å²) < 4.78 is 10.5. The SMILES string of the molecule is CC(C)c1noc(C[C@@]2(O)CCC[C@H](NC(=O)OC(C)(C)C)C2)n1. The van der Waals surface area contributed by atoms with E-state index in [1.807, 2.05) is 34.6 Å². The lowest BCUT2D eigenvalue weighted by atomic mass is 9.79. The molecule has 0 unspecified atom stereocenters. The molecule has 1 aliphatic rings. The fourth-order valence-corrected chi connectivity index (χ4v) is 2.95. The van der Waals surface area contributed by atoms with Gasteiger partial charge in [-0.25, -0.2) is 4.79 Å². The Morgan fingerprint density at radius 3 is 2.79 bits per heavy atom. The van der Waals surface area contributed by atoms with Gasteiger partial charge in [0.15, 0.2) is 5.82 Å². The molecule has 1 aliphatic carbocycles. The zero-order chi connectivity index (χ0) is 18.0. The summed E-state index contributed by atoms with van der Waals surface area (Å²) in [4.78, 5) is 16.3. The lowest BCUT2D eigenvalue weighted by molar-refractivity contribution is -0.0149. The number of aromatic nitrogens is 2. The maximum Gasteiger partial charge on any atom is 0.407 e. The van der Waals surface area contributed by atoms with E-state index < -0.39 is 17.3 Å². The van der Waals surface area contributed by atoms with Crippen molar-refractivity contribution in [2.24, 2.45) is 0 Å². The third-order valence-corrected chi connectivity index (χ3v) is 4.02. The second-order valence-corrected chi connectivity index (χ2v) is 8.04. The van der Waals surface area contributed by atoms with Crippen LogP contribution >= 0.6 is 0 Å². The van der Waals surface area contributed by atoms with E-state index in [4.69, 9.17) is 9.26 Å². The monoisotopic (exact) mass is 339 g/mol. The van der Waals surface area contributed by atoms with Crippen LogP contribution in [0.1, 0.15) is 77.9 Å². The third-order valence-electron chi connectivity index (χ3n) is 4.02. The van der Waals surface area contributed by atoms with E-state index in [0.29, 0.717) is 31.0 Å². The number of ether oxygens (including phenoxy) is 1. The summed E-state index contributed by atoms with van der Waals surface area (Å²) in [6, 6.07) is -0.119. The van der Waals surface area contributed by atoms with E-state index >= 15 is 0 Å². The van der Waals surface area contributed by atoms with Crippen molar-refractivity contribution in [1.29, 1.82) is 0 Å². The van der Waals surface area contributed by atoms with Crippen LogP contribution in [0.3, 0.4) is 0 Å². The molecule has 1 amide bonds. The van der Waals surface area contributed by atoms with Crippen LogP contribution in [0.4, 0.5) is 4.79 Å². The van der Waals surface area contributed by atoms with Crippen LogP contribution in [0, 0.1) is 0 Å². The molecule has 1 aromatic heterocycles. The smallest absolute Gasteiger partial charge is 0.407 e. The van der Waals surface area contributed by atoms with Gasteiger partial charge in [-0.2, -0.15) is 4.98 Å². The molecule has 0 aliphatic heterocycles. The van der Waals surface area contributed by atoms with Crippen LogP contribution < -0.4 is 5.32 Å². The van der Waals surface area contributed by atoms with Crippen molar-refractivity contribution in [3.63, 3.8) is 0 Å². The molecule has 1 fully saturated rings. The average Bonchev–Trinajstić information content (AvgIpc) is 2.84. The number of amides is 1. The van der Waals surface area contributed by atoms with Crippen molar-refractivity contribution >= 4 is 6.09 Å². The summed E-state index contributed by atoms with van der Waals surface area (Å²) in [6.45, 7) is 9.46. The van der Waals surface area contributed by atoms with Gasteiger partial charge in [0, 0.05) is 12.0 Å². The Labute approximate surface area is 143 Å². The fraction of sp³-hybridized carbons (Fsp3) is 0.824. The minimum atomic E-state index is -0.946. The Bertz CT molecular complexity index is 564. The molecule has 2 N–H and O–H groups in total. The predicted molar refractivity (Wildman–Crippen MR) is 88.7 cm³/mol. The molecule has 0 aromatic carbocycles. The minimum absolute atomic E-state index is 0.119. The quantitative estimate of drug-likeness (QED) is 0.875. The predicted octanol–water partition coefficient (Wildman–Crippen LogP) is 2.93. The number of nitrogens with zero attached hydrogens (tertiary/aromatic N) is 2. The first kappa shape index (κ1) is 18.7. The highest BCUT2D eigenvalue weighted by atomic mass is 16.6. The molecule has 0 radical (unpaired) electrons. The van der Waals surface area contributed by atoms with Gasteiger partial charge in [-0.1, -0.05) is 19.0 Å². The van der Waals surface area contributed by atoms with Crippen LogP contribution in [0.25, 0.3) is 0 Å². The summed E-state index contributed by atoms with van der Waals surface area (Å²) in [7, 11) is 0. The molecule has 0 saturated heterocycles. The maximum atomic E-state index is 11.9.